The molecule has 20 heavy (non-hydrogen) atoms. The number of ether oxygens (including phenoxy) is 1. The van der Waals surface area contributed by atoms with Crippen molar-refractivity contribution in [3.05, 3.63) is 0 Å². The van der Waals surface area contributed by atoms with Crippen molar-refractivity contribution in [2.75, 3.05) is 13.1 Å². The molecule has 0 bridgehead atoms. The lowest BCUT2D eigenvalue weighted by Crippen LogP contribution is -2.67. The van der Waals surface area contributed by atoms with Gasteiger partial charge in [0.05, 0.1) is 0 Å². The molecule has 0 aromatic rings. The molecule has 2 rings (SSSR count). The summed E-state index contributed by atoms with van der Waals surface area (Å²) in [7, 11) is 0. The molecule has 2 fully saturated rings. The largest absolute Gasteiger partial charge is 0.444 e. The Bertz CT molecular complexity index is 434. The van der Waals surface area contributed by atoms with Crippen molar-refractivity contribution in [2.24, 2.45) is 11.3 Å². The second-order valence-corrected chi connectivity index (χ2v) is 8.11. The van der Waals surface area contributed by atoms with E-state index in [9.17, 15) is 9.59 Å². The highest BCUT2D eigenvalue weighted by atomic mass is 35.5. The molecule has 1 atom stereocenters. The number of carbonyl (C=O) groups is 2. The van der Waals surface area contributed by atoms with E-state index >= 15 is 0 Å². The lowest BCUT2D eigenvalue weighted by Gasteiger charge is -2.58. The smallest absolute Gasteiger partial charge is 0.410 e. The predicted octanol–water partition coefficient (Wildman–Crippen LogP) is 3.40. The van der Waals surface area contributed by atoms with Crippen LogP contribution in [0.2, 0.25) is 0 Å². The Labute approximate surface area is 129 Å². The van der Waals surface area contributed by atoms with Crippen LogP contribution in [0.4, 0.5) is 4.79 Å². The van der Waals surface area contributed by atoms with Crippen molar-refractivity contribution in [3.8, 4) is 0 Å². The average Bonchev–Trinajstić information content (AvgIpc) is 2.35. The van der Waals surface area contributed by atoms with Crippen LogP contribution >= 0.6 is 23.2 Å². The van der Waals surface area contributed by atoms with Crippen LogP contribution in [-0.4, -0.2) is 39.8 Å². The van der Waals surface area contributed by atoms with E-state index in [1.807, 2.05) is 27.7 Å². The highest BCUT2D eigenvalue weighted by Gasteiger charge is 2.69. The Kier molecular flexibility index (Phi) is 3.79. The zero-order chi connectivity index (χ0) is 15.3. The van der Waals surface area contributed by atoms with Gasteiger partial charge in [-0.05, 0) is 33.6 Å². The van der Waals surface area contributed by atoms with E-state index < -0.39 is 15.3 Å². The maximum absolute atomic E-state index is 12.0. The van der Waals surface area contributed by atoms with Crippen LogP contribution in [0.15, 0.2) is 0 Å². The van der Waals surface area contributed by atoms with Gasteiger partial charge in [-0.15, -0.1) is 0 Å². The molecular formula is C14H21Cl2NO3. The quantitative estimate of drug-likeness (QED) is 0.642. The van der Waals surface area contributed by atoms with Gasteiger partial charge < -0.3 is 9.64 Å². The summed E-state index contributed by atoms with van der Waals surface area (Å²) in [5.41, 5.74) is -0.902. The topological polar surface area (TPSA) is 46.6 Å². The first kappa shape index (κ1) is 15.9. The number of alkyl halides is 2. The number of nitrogens with zero attached hydrogens (tertiary/aromatic N) is 1. The summed E-state index contributed by atoms with van der Waals surface area (Å²) in [6.45, 7) is 8.43. The van der Waals surface area contributed by atoms with Gasteiger partial charge in [0, 0.05) is 24.4 Å². The van der Waals surface area contributed by atoms with Gasteiger partial charge in [-0.2, -0.15) is 0 Å². The summed E-state index contributed by atoms with van der Waals surface area (Å²) in [4.78, 5) is 25.5. The Morgan fingerprint density at radius 2 is 1.80 bits per heavy atom. The number of carbonyl (C=O) groups excluding carboxylic acids is 2. The summed E-state index contributed by atoms with van der Waals surface area (Å²) >= 11 is 12.4. The van der Waals surface area contributed by atoms with Crippen LogP contribution in [0.25, 0.3) is 0 Å². The van der Waals surface area contributed by atoms with Crippen LogP contribution in [0.1, 0.15) is 40.5 Å². The Morgan fingerprint density at radius 3 is 2.20 bits per heavy atom. The molecule has 114 valence electrons. The van der Waals surface area contributed by atoms with E-state index in [0.717, 1.165) is 0 Å². The lowest BCUT2D eigenvalue weighted by molar-refractivity contribution is -0.148. The van der Waals surface area contributed by atoms with Gasteiger partial charge in [-0.1, -0.05) is 30.1 Å². The van der Waals surface area contributed by atoms with E-state index in [2.05, 4.69) is 0 Å². The summed E-state index contributed by atoms with van der Waals surface area (Å²) in [5.74, 6) is -0.246. The van der Waals surface area contributed by atoms with Crippen molar-refractivity contribution < 1.29 is 14.3 Å². The number of rotatable bonds is 0. The summed E-state index contributed by atoms with van der Waals surface area (Å²) in [6.07, 6.45) is 0.943. The Morgan fingerprint density at radius 1 is 1.30 bits per heavy atom. The molecule has 1 aliphatic heterocycles. The second kappa shape index (κ2) is 4.77. The monoisotopic (exact) mass is 321 g/mol. The molecule has 2 aliphatic rings. The molecule has 1 amide bonds. The van der Waals surface area contributed by atoms with Crippen LogP contribution in [0.5, 0.6) is 0 Å². The molecule has 6 heteroatoms. The average molecular weight is 322 g/mol. The summed E-state index contributed by atoms with van der Waals surface area (Å²) < 4.78 is 4.05. The number of Topliss-reactive ketones (excluding diaryl/α,β-unsaturated/α-hetero) is 1. The first-order chi connectivity index (χ1) is 9.01. The maximum Gasteiger partial charge on any atom is 0.410 e. The van der Waals surface area contributed by atoms with E-state index in [0.29, 0.717) is 25.9 Å². The molecule has 4 nitrogen and oxygen atoms in total. The van der Waals surface area contributed by atoms with Gasteiger partial charge in [-0.3, -0.25) is 4.79 Å². The Hall–Kier alpha value is -0.480. The molecule has 0 N–H and O–H groups in total. The van der Waals surface area contributed by atoms with Crippen LogP contribution < -0.4 is 0 Å². The molecule has 0 radical (unpaired) electrons. The first-order valence-electron chi connectivity index (χ1n) is 6.91. The van der Waals surface area contributed by atoms with Gasteiger partial charge >= 0.3 is 6.09 Å². The van der Waals surface area contributed by atoms with Crippen molar-refractivity contribution in [3.63, 3.8) is 0 Å². The zero-order valence-corrected chi connectivity index (χ0v) is 13.8. The van der Waals surface area contributed by atoms with E-state index in [1.54, 1.807) is 4.90 Å². The van der Waals surface area contributed by atoms with Gasteiger partial charge in [0.25, 0.3) is 0 Å². The third kappa shape index (κ3) is 2.31. The van der Waals surface area contributed by atoms with E-state index in [1.165, 1.54) is 0 Å². The Balaban J connectivity index is 2.00. The van der Waals surface area contributed by atoms with Crippen LogP contribution in [0.3, 0.4) is 0 Å². The van der Waals surface area contributed by atoms with E-state index in [4.69, 9.17) is 27.9 Å². The number of likely N-dealkylation sites (tertiary alicyclic amines) is 1. The van der Waals surface area contributed by atoms with Crippen LogP contribution in [-0.2, 0) is 9.53 Å². The minimum atomic E-state index is -1.30. The molecule has 0 aromatic carbocycles. The second-order valence-electron chi connectivity index (χ2n) is 6.78. The fourth-order valence-corrected chi connectivity index (χ4v) is 4.16. The third-order valence-corrected chi connectivity index (χ3v) is 5.59. The first-order valence-corrected chi connectivity index (χ1v) is 7.67. The minimum Gasteiger partial charge on any atom is -0.444 e. The number of halogens is 2. The normalized spacial score (nSPS) is 28.2. The molecule has 1 saturated heterocycles. The zero-order valence-electron chi connectivity index (χ0n) is 12.3. The molecular weight excluding hydrogens is 301 g/mol. The van der Waals surface area contributed by atoms with Crippen molar-refractivity contribution in [1.29, 1.82) is 0 Å². The predicted molar refractivity (Wildman–Crippen MR) is 78.1 cm³/mol. The summed E-state index contributed by atoms with van der Waals surface area (Å²) in [6, 6.07) is 0. The standard InChI is InChI=1S/C14H21Cl2NO3/c1-9-10(18)14(15,16)13(9)5-7-17(8-6-13)11(19)20-12(2,3)4/h9H,5-8H2,1-4H3. The van der Waals surface area contributed by atoms with E-state index in [-0.39, 0.29) is 17.8 Å². The molecule has 1 saturated carbocycles. The maximum atomic E-state index is 12.0. The number of hydrogen-bond acceptors (Lipinski definition) is 3. The SMILES string of the molecule is CC1C(=O)C(Cl)(Cl)C12CCN(C(=O)OC(C)(C)C)CC2. The fraction of sp³-hybridized carbons (Fsp3) is 0.857. The molecule has 1 unspecified atom stereocenters. The van der Waals surface area contributed by atoms with Gasteiger partial charge in [0.1, 0.15) is 5.60 Å². The van der Waals surface area contributed by atoms with Crippen molar-refractivity contribution in [2.45, 2.75) is 50.5 Å². The number of ketones is 1. The van der Waals surface area contributed by atoms with Gasteiger partial charge in [0.15, 0.2) is 10.1 Å². The van der Waals surface area contributed by atoms with Crippen LogP contribution in [0, 0.1) is 11.3 Å². The molecule has 1 aliphatic carbocycles. The van der Waals surface area contributed by atoms with Gasteiger partial charge in [0.2, 0.25) is 0 Å². The number of hydrogen-bond donors (Lipinski definition) is 0. The molecule has 1 heterocycles. The molecule has 0 aromatic heterocycles. The fourth-order valence-electron chi connectivity index (χ4n) is 3.12. The highest BCUT2D eigenvalue weighted by molar-refractivity contribution is 6.61. The molecule has 1 spiro atoms. The summed E-state index contributed by atoms with van der Waals surface area (Å²) in [5, 5.41) is 0. The third-order valence-electron chi connectivity index (χ3n) is 4.46. The van der Waals surface area contributed by atoms with Gasteiger partial charge in [-0.25, -0.2) is 4.79 Å². The van der Waals surface area contributed by atoms with Crippen molar-refractivity contribution in [1.82, 2.24) is 4.90 Å². The minimum absolute atomic E-state index is 0.105. The highest BCUT2D eigenvalue weighted by Crippen LogP contribution is 2.63. The number of amides is 1. The number of piperidine rings is 1. The van der Waals surface area contributed by atoms with Crippen molar-refractivity contribution >= 4 is 35.1 Å². The lowest BCUT2D eigenvalue weighted by atomic mass is 9.54.